The Morgan fingerprint density at radius 2 is 1.62 bits per heavy atom. The monoisotopic (exact) mass is 366 g/mol. The first-order chi connectivity index (χ1) is 12.5. The van der Waals surface area contributed by atoms with Gasteiger partial charge in [0.25, 0.3) is 5.69 Å². The molecule has 130 valence electrons. The van der Waals surface area contributed by atoms with Crippen LogP contribution in [0.3, 0.4) is 0 Å². The topological polar surface area (TPSA) is 72.2 Å². The number of hydrogen-bond acceptors (Lipinski definition) is 4. The van der Waals surface area contributed by atoms with E-state index >= 15 is 0 Å². The number of nitrogens with zero attached hydrogens (tertiary/aromatic N) is 1. The summed E-state index contributed by atoms with van der Waals surface area (Å²) >= 11 is 6.31. The number of aryl methyl sites for hydroxylation is 1. The molecule has 5 nitrogen and oxygen atoms in total. The SMILES string of the molecule is Cc1ccccc1C(=O)c1ccc(Nc2ccc([N+](=O)[O-])cc2)cc1Cl. The second-order valence-electron chi connectivity index (χ2n) is 5.77. The maximum atomic E-state index is 12.7. The molecule has 0 saturated heterocycles. The zero-order valence-corrected chi connectivity index (χ0v) is 14.7. The normalized spacial score (nSPS) is 10.4. The first kappa shape index (κ1) is 17.6. The number of nitrogens with one attached hydrogen (secondary N) is 1. The summed E-state index contributed by atoms with van der Waals surface area (Å²) in [5, 5.41) is 14.1. The van der Waals surface area contributed by atoms with Crippen LogP contribution in [-0.4, -0.2) is 10.7 Å². The number of carbonyl (C=O) groups is 1. The Bertz CT molecular complexity index is 985. The molecule has 0 unspecified atom stereocenters. The van der Waals surface area contributed by atoms with Crippen molar-refractivity contribution >= 4 is 34.4 Å². The largest absolute Gasteiger partial charge is 0.355 e. The quantitative estimate of drug-likeness (QED) is 0.366. The number of halogens is 1. The van der Waals surface area contributed by atoms with Gasteiger partial charge in [-0.25, -0.2) is 0 Å². The summed E-state index contributed by atoms with van der Waals surface area (Å²) in [4.78, 5) is 22.9. The predicted octanol–water partition coefficient (Wildman–Crippen LogP) is 5.53. The van der Waals surface area contributed by atoms with Gasteiger partial charge in [-0.05, 0) is 42.8 Å². The average molecular weight is 367 g/mol. The molecule has 0 atom stereocenters. The molecule has 0 saturated carbocycles. The lowest BCUT2D eigenvalue weighted by molar-refractivity contribution is -0.384. The molecule has 6 heteroatoms. The summed E-state index contributed by atoms with van der Waals surface area (Å²) in [7, 11) is 0. The molecule has 0 radical (unpaired) electrons. The minimum absolute atomic E-state index is 0.0211. The summed E-state index contributed by atoms with van der Waals surface area (Å²) in [5.74, 6) is -0.130. The van der Waals surface area contributed by atoms with E-state index in [0.717, 1.165) is 5.56 Å². The van der Waals surface area contributed by atoms with Crippen LogP contribution in [0.25, 0.3) is 0 Å². The standard InChI is InChI=1S/C20H15ClN2O3/c1-13-4-2-3-5-17(13)20(24)18-11-8-15(12-19(18)21)22-14-6-9-16(10-7-14)23(25)26/h2-12,22H,1H3. The zero-order valence-electron chi connectivity index (χ0n) is 13.9. The third kappa shape index (κ3) is 3.73. The lowest BCUT2D eigenvalue weighted by atomic mass is 9.99. The number of ketones is 1. The smallest absolute Gasteiger partial charge is 0.269 e. The molecule has 3 rings (SSSR count). The third-order valence-electron chi connectivity index (χ3n) is 3.97. The first-order valence-electron chi connectivity index (χ1n) is 7.87. The Balaban J connectivity index is 1.82. The van der Waals surface area contributed by atoms with Crippen molar-refractivity contribution in [2.24, 2.45) is 0 Å². The summed E-state index contributed by atoms with van der Waals surface area (Å²) in [6.45, 7) is 1.88. The van der Waals surface area contributed by atoms with Gasteiger partial charge in [-0.2, -0.15) is 0 Å². The molecule has 0 heterocycles. The molecule has 0 amide bonds. The molecule has 0 aliphatic rings. The Hall–Kier alpha value is -3.18. The van der Waals surface area contributed by atoms with Gasteiger partial charge in [0.05, 0.1) is 9.95 Å². The predicted molar refractivity (Wildman–Crippen MR) is 102 cm³/mol. The van der Waals surface area contributed by atoms with Crippen LogP contribution in [0.4, 0.5) is 17.1 Å². The van der Waals surface area contributed by atoms with Gasteiger partial charge in [-0.1, -0.05) is 35.9 Å². The molecule has 0 fully saturated rings. The van der Waals surface area contributed by atoms with E-state index in [9.17, 15) is 14.9 Å². The number of non-ortho nitro benzene ring substituents is 1. The number of carbonyl (C=O) groups excluding carboxylic acids is 1. The van der Waals surface area contributed by atoms with Gasteiger partial charge in [0.2, 0.25) is 0 Å². The molecule has 26 heavy (non-hydrogen) atoms. The Morgan fingerprint density at radius 1 is 0.962 bits per heavy atom. The molecule has 0 spiro atoms. The summed E-state index contributed by atoms with van der Waals surface area (Å²) in [5.41, 5.74) is 3.32. The fourth-order valence-electron chi connectivity index (χ4n) is 2.58. The van der Waals surface area contributed by atoms with Crippen LogP contribution in [-0.2, 0) is 0 Å². The average Bonchev–Trinajstić information content (AvgIpc) is 2.62. The van der Waals surface area contributed by atoms with Crippen molar-refractivity contribution in [2.75, 3.05) is 5.32 Å². The molecule has 0 aliphatic heterocycles. The van der Waals surface area contributed by atoms with E-state index < -0.39 is 4.92 Å². The maximum Gasteiger partial charge on any atom is 0.269 e. The van der Waals surface area contributed by atoms with Crippen molar-refractivity contribution < 1.29 is 9.72 Å². The van der Waals surface area contributed by atoms with Gasteiger partial charge in [0, 0.05) is 34.6 Å². The summed E-state index contributed by atoms with van der Waals surface area (Å²) in [6.07, 6.45) is 0. The van der Waals surface area contributed by atoms with Crippen molar-refractivity contribution in [1.29, 1.82) is 0 Å². The maximum absolute atomic E-state index is 12.7. The van der Waals surface area contributed by atoms with Gasteiger partial charge in [-0.15, -0.1) is 0 Å². The highest BCUT2D eigenvalue weighted by atomic mass is 35.5. The number of rotatable bonds is 5. The minimum atomic E-state index is -0.452. The van der Waals surface area contributed by atoms with E-state index in [1.807, 2.05) is 25.1 Å². The van der Waals surface area contributed by atoms with Crippen LogP contribution in [0.5, 0.6) is 0 Å². The number of hydrogen-bond donors (Lipinski definition) is 1. The van der Waals surface area contributed by atoms with Gasteiger partial charge in [-0.3, -0.25) is 14.9 Å². The Morgan fingerprint density at radius 3 is 2.23 bits per heavy atom. The van der Waals surface area contributed by atoms with Crippen LogP contribution >= 0.6 is 11.6 Å². The van der Waals surface area contributed by atoms with E-state index in [1.54, 1.807) is 36.4 Å². The molecule has 0 aliphatic carbocycles. The number of anilines is 2. The summed E-state index contributed by atoms with van der Waals surface area (Å²) in [6, 6.07) is 18.5. The second-order valence-corrected chi connectivity index (χ2v) is 6.17. The zero-order chi connectivity index (χ0) is 18.7. The minimum Gasteiger partial charge on any atom is -0.355 e. The van der Waals surface area contributed by atoms with E-state index in [0.29, 0.717) is 27.5 Å². The van der Waals surface area contributed by atoms with Crippen molar-refractivity contribution in [3.63, 3.8) is 0 Å². The van der Waals surface area contributed by atoms with Crippen LogP contribution < -0.4 is 5.32 Å². The second kappa shape index (κ2) is 7.37. The Labute approximate surface area is 155 Å². The van der Waals surface area contributed by atoms with Crippen LogP contribution in [0.1, 0.15) is 21.5 Å². The molecule has 3 aromatic carbocycles. The molecular formula is C20H15ClN2O3. The molecule has 0 bridgehead atoms. The number of nitro groups is 1. The highest BCUT2D eigenvalue weighted by Crippen LogP contribution is 2.27. The Kier molecular flexibility index (Phi) is 5.00. The summed E-state index contributed by atoms with van der Waals surface area (Å²) < 4.78 is 0. The van der Waals surface area contributed by atoms with Crippen LogP contribution in [0.15, 0.2) is 66.7 Å². The van der Waals surface area contributed by atoms with Gasteiger partial charge >= 0.3 is 0 Å². The molecule has 0 aromatic heterocycles. The van der Waals surface area contributed by atoms with Crippen molar-refractivity contribution in [3.8, 4) is 0 Å². The molecular weight excluding hydrogens is 352 g/mol. The lowest BCUT2D eigenvalue weighted by Gasteiger charge is -2.10. The molecule has 3 aromatic rings. The van der Waals surface area contributed by atoms with Gasteiger partial charge < -0.3 is 5.32 Å². The number of nitro benzene ring substituents is 1. The first-order valence-corrected chi connectivity index (χ1v) is 8.25. The molecule has 1 N–H and O–H groups in total. The highest BCUT2D eigenvalue weighted by molar-refractivity contribution is 6.35. The third-order valence-corrected chi connectivity index (χ3v) is 4.28. The van der Waals surface area contributed by atoms with E-state index in [-0.39, 0.29) is 11.5 Å². The number of benzene rings is 3. The van der Waals surface area contributed by atoms with Crippen molar-refractivity contribution in [2.45, 2.75) is 6.92 Å². The van der Waals surface area contributed by atoms with Gasteiger partial charge in [0.15, 0.2) is 5.78 Å². The van der Waals surface area contributed by atoms with Crippen molar-refractivity contribution in [3.05, 3.63) is 98.6 Å². The van der Waals surface area contributed by atoms with Crippen LogP contribution in [0, 0.1) is 17.0 Å². The fourth-order valence-corrected chi connectivity index (χ4v) is 2.85. The van der Waals surface area contributed by atoms with E-state index in [4.69, 9.17) is 11.6 Å². The van der Waals surface area contributed by atoms with E-state index in [1.165, 1.54) is 12.1 Å². The fraction of sp³-hybridized carbons (Fsp3) is 0.0500. The van der Waals surface area contributed by atoms with Crippen molar-refractivity contribution in [1.82, 2.24) is 0 Å². The highest BCUT2D eigenvalue weighted by Gasteiger charge is 2.15. The lowest BCUT2D eigenvalue weighted by Crippen LogP contribution is -2.04. The van der Waals surface area contributed by atoms with Crippen LogP contribution in [0.2, 0.25) is 5.02 Å². The van der Waals surface area contributed by atoms with Gasteiger partial charge in [0.1, 0.15) is 0 Å². The van der Waals surface area contributed by atoms with E-state index in [2.05, 4.69) is 5.32 Å².